The molecule has 1 aromatic carbocycles. The molecule has 4 rings (SSSR count). The van der Waals surface area contributed by atoms with Crippen molar-refractivity contribution < 1.29 is 4.74 Å². The zero-order valence-electron chi connectivity index (χ0n) is 13.9. The number of ether oxygens (including phenoxy) is 1. The Kier molecular flexibility index (Phi) is 3.78. The third-order valence-corrected chi connectivity index (χ3v) is 5.87. The summed E-state index contributed by atoms with van der Waals surface area (Å²) < 4.78 is 7.60. The van der Waals surface area contributed by atoms with Crippen molar-refractivity contribution in [3.63, 3.8) is 0 Å². The molecule has 0 atom stereocenters. The molecule has 0 radical (unpaired) electrons. The highest BCUT2D eigenvalue weighted by molar-refractivity contribution is 7.17. The van der Waals surface area contributed by atoms with E-state index in [1.54, 1.807) is 18.4 Å². The number of hydrogen-bond donors (Lipinski definition) is 0. The van der Waals surface area contributed by atoms with Crippen molar-refractivity contribution in [2.45, 2.75) is 39.0 Å². The Morgan fingerprint density at radius 3 is 2.92 bits per heavy atom. The molecule has 2 heterocycles. The van der Waals surface area contributed by atoms with Gasteiger partial charge in [-0.05, 0) is 56.4 Å². The van der Waals surface area contributed by atoms with Crippen LogP contribution in [0.5, 0.6) is 5.75 Å². The van der Waals surface area contributed by atoms with E-state index in [2.05, 4.69) is 16.5 Å². The monoisotopic (exact) mass is 337 g/mol. The lowest BCUT2D eigenvalue weighted by atomic mass is 10.0. The standard InChI is InChI=1S/C19H19N3OS/c1-12-11-13(7-8-16(12)23-2)18-15(9-10-20)22-14-5-3-4-6-17(14)24-19(22)21-18/h7-8,11H,3-6,9H2,1-2H3. The Bertz CT molecular complexity index is 961. The fourth-order valence-electron chi connectivity index (χ4n) is 3.59. The molecule has 4 nitrogen and oxygen atoms in total. The summed E-state index contributed by atoms with van der Waals surface area (Å²) in [5.74, 6) is 0.874. The largest absolute Gasteiger partial charge is 0.496 e. The molecule has 0 saturated carbocycles. The van der Waals surface area contributed by atoms with E-state index in [1.807, 2.05) is 19.1 Å². The minimum absolute atomic E-state index is 0.380. The number of imidazole rings is 1. The molecule has 0 spiro atoms. The molecule has 0 unspecified atom stereocenters. The maximum atomic E-state index is 9.34. The van der Waals surface area contributed by atoms with Crippen molar-refractivity contribution in [2.24, 2.45) is 0 Å². The average Bonchev–Trinajstić information content (AvgIpc) is 3.12. The van der Waals surface area contributed by atoms with Crippen molar-refractivity contribution in [2.75, 3.05) is 7.11 Å². The zero-order valence-corrected chi connectivity index (χ0v) is 14.7. The summed E-state index contributed by atoms with van der Waals surface area (Å²) in [6.07, 6.45) is 5.09. The van der Waals surface area contributed by atoms with Crippen LogP contribution in [0.25, 0.3) is 16.2 Å². The SMILES string of the molecule is COc1ccc(-c2nc3sc4c(n3c2CC#N)CCCC4)cc1C. The molecule has 0 bridgehead atoms. The van der Waals surface area contributed by atoms with Gasteiger partial charge >= 0.3 is 0 Å². The zero-order chi connectivity index (χ0) is 16.7. The molecule has 0 saturated heterocycles. The third-order valence-electron chi connectivity index (χ3n) is 4.73. The Morgan fingerprint density at radius 2 is 2.17 bits per heavy atom. The Morgan fingerprint density at radius 1 is 1.33 bits per heavy atom. The highest BCUT2D eigenvalue weighted by Crippen LogP contribution is 2.36. The van der Waals surface area contributed by atoms with Crippen LogP contribution in [0.15, 0.2) is 18.2 Å². The number of thiazole rings is 1. The second-order valence-corrected chi connectivity index (χ2v) is 7.29. The Hall–Kier alpha value is -2.32. The van der Waals surface area contributed by atoms with Crippen LogP contribution in [-0.2, 0) is 19.3 Å². The first-order valence-electron chi connectivity index (χ1n) is 8.26. The van der Waals surface area contributed by atoms with Gasteiger partial charge in [0.15, 0.2) is 4.96 Å². The van der Waals surface area contributed by atoms with Crippen molar-refractivity contribution in [1.29, 1.82) is 5.26 Å². The summed E-state index contributed by atoms with van der Waals surface area (Å²) in [5.41, 5.74) is 5.46. The van der Waals surface area contributed by atoms with Crippen molar-refractivity contribution in [3.05, 3.63) is 40.0 Å². The predicted molar refractivity (Wildman–Crippen MR) is 95.8 cm³/mol. The summed E-state index contributed by atoms with van der Waals surface area (Å²) in [7, 11) is 1.68. The van der Waals surface area contributed by atoms with Gasteiger partial charge in [-0.1, -0.05) is 0 Å². The van der Waals surface area contributed by atoms with Gasteiger partial charge in [-0.3, -0.25) is 4.40 Å². The Labute approximate surface area is 145 Å². The molecule has 5 heteroatoms. The van der Waals surface area contributed by atoms with Crippen molar-refractivity contribution >= 4 is 16.3 Å². The maximum Gasteiger partial charge on any atom is 0.194 e. The minimum atomic E-state index is 0.380. The van der Waals surface area contributed by atoms with E-state index in [4.69, 9.17) is 9.72 Å². The molecule has 1 aliphatic carbocycles. The first-order valence-corrected chi connectivity index (χ1v) is 9.08. The van der Waals surface area contributed by atoms with E-state index in [9.17, 15) is 5.26 Å². The third kappa shape index (κ3) is 2.30. The van der Waals surface area contributed by atoms with Crippen LogP contribution in [0, 0.1) is 18.3 Å². The van der Waals surface area contributed by atoms with Crippen molar-refractivity contribution in [3.8, 4) is 23.1 Å². The van der Waals surface area contributed by atoms with Crippen LogP contribution >= 0.6 is 11.3 Å². The quantitative estimate of drug-likeness (QED) is 0.715. The summed E-state index contributed by atoms with van der Waals surface area (Å²) in [6, 6.07) is 8.43. The van der Waals surface area contributed by atoms with E-state index in [-0.39, 0.29) is 0 Å². The molecule has 122 valence electrons. The first kappa shape index (κ1) is 15.2. The lowest BCUT2D eigenvalue weighted by Crippen LogP contribution is -2.05. The lowest BCUT2D eigenvalue weighted by molar-refractivity contribution is 0.412. The van der Waals surface area contributed by atoms with E-state index in [1.165, 1.54) is 23.4 Å². The van der Waals surface area contributed by atoms with Crippen LogP contribution in [0.1, 0.15) is 34.7 Å². The highest BCUT2D eigenvalue weighted by atomic mass is 32.1. The smallest absolute Gasteiger partial charge is 0.194 e. The molecular weight excluding hydrogens is 318 g/mol. The molecule has 1 aliphatic rings. The lowest BCUT2D eigenvalue weighted by Gasteiger charge is -2.12. The van der Waals surface area contributed by atoms with Gasteiger partial charge in [-0.15, -0.1) is 11.3 Å². The van der Waals surface area contributed by atoms with Gasteiger partial charge in [0, 0.05) is 16.1 Å². The molecule has 2 aromatic heterocycles. The number of nitriles is 1. The topological polar surface area (TPSA) is 50.3 Å². The number of hydrogen-bond acceptors (Lipinski definition) is 4. The summed E-state index contributed by atoms with van der Waals surface area (Å²) in [4.78, 5) is 7.36. The van der Waals surface area contributed by atoms with Crippen LogP contribution < -0.4 is 4.74 Å². The van der Waals surface area contributed by atoms with Crippen LogP contribution in [-0.4, -0.2) is 16.5 Å². The fraction of sp³-hybridized carbons (Fsp3) is 0.368. The van der Waals surface area contributed by atoms with Crippen LogP contribution in [0.2, 0.25) is 0 Å². The van der Waals surface area contributed by atoms with Crippen molar-refractivity contribution in [1.82, 2.24) is 9.38 Å². The van der Waals surface area contributed by atoms with Gasteiger partial charge in [-0.2, -0.15) is 5.26 Å². The van der Waals surface area contributed by atoms with E-state index in [0.717, 1.165) is 46.1 Å². The molecule has 3 aromatic rings. The van der Waals surface area contributed by atoms with Gasteiger partial charge in [0.1, 0.15) is 5.75 Å². The van der Waals surface area contributed by atoms with Gasteiger partial charge < -0.3 is 4.74 Å². The molecular formula is C19H19N3OS. The second-order valence-electron chi connectivity index (χ2n) is 6.22. The molecule has 0 N–H and O–H groups in total. The summed E-state index contributed by atoms with van der Waals surface area (Å²) in [5, 5.41) is 9.34. The van der Waals surface area contributed by atoms with Gasteiger partial charge in [-0.25, -0.2) is 4.98 Å². The predicted octanol–water partition coefficient (Wildman–Crippen LogP) is 4.32. The van der Waals surface area contributed by atoms with Crippen LogP contribution in [0.3, 0.4) is 0 Å². The summed E-state index contributed by atoms with van der Waals surface area (Å²) in [6.45, 7) is 2.03. The number of aryl methyl sites for hydroxylation is 3. The normalized spacial score (nSPS) is 13.7. The van der Waals surface area contributed by atoms with Crippen LogP contribution in [0.4, 0.5) is 0 Å². The first-order chi connectivity index (χ1) is 11.7. The molecule has 0 aliphatic heterocycles. The number of nitrogens with zero attached hydrogens (tertiary/aromatic N) is 3. The molecule has 0 fully saturated rings. The van der Waals surface area contributed by atoms with Gasteiger partial charge in [0.05, 0.1) is 31.0 Å². The number of fused-ring (bicyclic) bond motifs is 3. The molecule has 0 amide bonds. The Balaban J connectivity index is 1.92. The number of aromatic nitrogens is 2. The summed E-state index contributed by atoms with van der Waals surface area (Å²) >= 11 is 1.78. The fourth-order valence-corrected chi connectivity index (χ4v) is 4.82. The number of rotatable bonds is 3. The number of methoxy groups -OCH3 is 1. The highest BCUT2D eigenvalue weighted by Gasteiger charge is 2.23. The minimum Gasteiger partial charge on any atom is -0.496 e. The number of benzene rings is 1. The van der Waals surface area contributed by atoms with Gasteiger partial charge in [0.2, 0.25) is 0 Å². The van der Waals surface area contributed by atoms with E-state index in [0.29, 0.717) is 6.42 Å². The maximum absolute atomic E-state index is 9.34. The average molecular weight is 337 g/mol. The van der Waals surface area contributed by atoms with Gasteiger partial charge in [0.25, 0.3) is 0 Å². The van der Waals surface area contributed by atoms with E-state index < -0.39 is 0 Å². The van der Waals surface area contributed by atoms with E-state index >= 15 is 0 Å². The second kappa shape index (κ2) is 5.95. The molecule has 24 heavy (non-hydrogen) atoms.